The van der Waals surface area contributed by atoms with Crippen molar-refractivity contribution < 1.29 is 0 Å². The van der Waals surface area contributed by atoms with E-state index in [0.29, 0.717) is 5.95 Å². The molecular formula is C24H20N6. The molecule has 6 nitrogen and oxygen atoms in total. The van der Waals surface area contributed by atoms with Crippen molar-refractivity contribution in [1.82, 2.24) is 19.9 Å². The van der Waals surface area contributed by atoms with Gasteiger partial charge in [-0.3, -0.25) is 4.98 Å². The zero-order valence-corrected chi connectivity index (χ0v) is 16.2. The summed E-state index contributed by atoms with van der Waals surface area (Å²) >= 11 is 0. The van der Waals surface area contributed by atoms with Crippen molar-refractivity contribution in [3.05, 3.63) is 97.1 Å². The number of aromatic amines is 1. The lowest BCUT2D eigenvalue weighted by Crippen LogP contribution is -1.99. The summed E-state index contributed by atoms with van der Waals surface area (Å²) in [5.41, 5.74) is 5.95. The maximum absolute atomic E-state index is 4.60. The van der Waals surface area contributed by atoms with Gasteiger partial charge in [0.2, 0.25) is 5.95 Å². The minimum atomic E-state index is 0.554. The van der Waals surface area contributed by atoms with Gasteiger partial charge >= 0.3 is 0 Å². The van der Waals surface area contributed by atoms with Crippen LogP contribution in [0.1, 0.15) is 5.56 Å². The number of nitrogens with one attached hydrogen (secondary N) is 3. The van der Waals surface area contributed by atoms with E-state index in [1.54, 1.807) is 0 Å². The molecule has 146 valence electrons. The van der Waals surface area contributed by atoms with Crippen molar-refractivity contribution in [1.29, 1.82) is 0 Å². The number of anilines is 3. The normalized spacial score (nSPS) is 10.8. The van der Waals surface area contributed by atoms with Crippen molar-refractivity contribution in [2.24, 2.45) is 0 Å². The topological polar surface area (TPSA) is 78.5 Å². The molecule has 0 radical (unpaired) electrons. The Morgan fingerprint density at radius 3 is 2.47 bits per heavy atom. The van der Waals surface area contributed by atoms with Crippen LogP contribution in [0.4, 0.5) is 17.3 Å². The molecule has 5 aromatic rings. The maximum atomic E-state index is 4.60. The molecule has 0 bridgehead atoms. The highest BCUT2D eigenvalue weighted by molar-refractivity contribution is 5.93. The predicted molar refractivity (Wildman–Crippen MR) is 121 cm³/mol. The van der Waals surface area contributed by atoms with Crippen molar-refractivity contribution in [3.63, 3.8) is 0 Å². The highest BCUT2D eigenvalue weighted by Crippen LogP contribution is 2.29. The second kappa shape index (κ2) is 8.05. The van der Waals surface area contributed by atoms with Crippen molar-refractivity contribution >= 4 is 28.4 Å². The molecule has 0 saturated heterocycles. The molecule has 0 unspecified atom stereocenters. The van der Waals surface area contributed by atoms with Gasteiger partial charge in [-0.2, -0.15) is 4.98 Å². The number of benzene rings is 2. The molecule has 0 amide bonds. The third kappa shape index (κ3) is 3.84. The Bertz CT molecular complexity index is 1260. The van der Waals surface area contributed by atoms with E-state index >= 15 is 0 Å². The Kier molecular flexibility index (Phi) is 4.79. The smallest absolute Gasteiger partial charge is 0.229 e. The summed E-state index contributed by atoms with van der Waals surface area (Å²) < 4.78 is 0. The molecule has 2 aromatic carbocycles. The van der Waals surface area contributed by atoms with Gasteiger partial charge in [0, 0.05) is 53.5 Å². The minimum absolute atomic E-state index is 0.554. The van der Waals surface area contributed by atoms with Gasteiger partial charge in [-0.25, -0.2) is 4.98 Å². The molecule has 0 aliphatic heterocycles. The molecule has 0 aliphatic rings. The number of nitrogens with zero attached hydrogens (tertiary/aromatic N) is 3. The van der Waals surface area contributed by atoms with Crippen LogP contribution >= 0.6 is 0 Å². The van der Waals surface area contributed by atoms with Gasteiger partial charge in [0.25, 0.3) is 0 Å². The minimum Gasteiger partial charge on any atom is -0.380 e. The van der Waals surface area contributed by atoms with E-state index in [4.69, 9.17) is 0 Å². The van der Waals surface area contributed by atoms with E-state index in [1.807, 2.05) is 73.3 Å². The number of fused-ring (bicyclic) bond motifs is 1. The maximum Gasteiger partial charge on any atom is 0.229 e. The van der Waals surface area contributed by atoms with Gasteiger partial charge in [0.15, 0.2) is 0 Å². The Morgan fingerprint density at radius 2 is 1.63 bits per heavy atom. The number of pyridine rings is 1. The lowest BCUT2D eigenvalue weighted by molar-refractivity contribution is 1.14. The number of H-pyrrole nitrogens is 1. The van der Waals surface area contributed by atoms with Gasteiger partial charge in [-0.15, -0.1) is 0 Å². The lowest BCUT2D eigenvalue weighted by Gasteiger charge is -2.08. The number of rotatable bonds is 6. The van der Waals surface area contributed by atoms with Crippen LogP contribution in [-0.4, -0.2) is 19.9 Å². The summed E-state index contributed by atoms with van der Waals surface area (Å²) in [6.45, 7) is 0.748. The Balaban J connectivity index is 1.38. The standard InChI is InChI=1S/C24H20N6/c1-3-7-17(8-4-1)12-26-20-11-18(13-25-14-20)21-15-27-23-22(21)16-28-24(30-23)29-19-9-5-2-6-10-19/h1-11,13-16,26H,12H2,(H2,27,28,29,30). The Morgan fingerprint density at radius 1 is 0.833 bits per heavy atom. The molecule has 0 atom stereocenters. The second-order valence-corrected chi connectivity index (χ2v) is 6.95. The zero-order chi connectivity index (χ0) is 20.2. The summed E-state index contributed by atoms with van der Waals surface area (Å²) in [4.78, 5) is 16.7. The average Bonchev–Trinajstić information content (AvgIpc) is 3.23. The van der Waals surface area contributed by atoms with E-state index in [-0.39, 0.29) is 0 Å². The molecule has 5 rings (SSSR count). The SMILES string of the molecule is c1ccc(CNc2cncc(-c3c[nH]c4nc(Nc5ccccc5)ncc34)c2)cc1. The van der Waals surface area contributed by atoms with Gasteiger partial charge in [0.1, 0.15) is 5.65 Å². The molecule has 3 heterocycles. The molecule has 0 fully saturated rings. The van der Waals surface area contributed by atoms with Crippen molar-refractivity contribution in [2.45, 2.75) is 6.54 Å². The predicted octanol–water partition coefficient (Wildman–Crippen LogP) is 5.38. The summed E-state index contributed by atoms with van der Waals surface area (Å²) in [6.07, 6.45) is 7.47. The van der Waals surface area contributed by atoms with Crippen molar-refractivity contribution in [2.75, 3.05) is 10.6 Å². The van der Waals surface area contributed by atoms with Crippen LogP contribution in [0.5, 0.6) is 0 Å². The molecule has 3 aromatic heterocycles. The molecule has 0 saturated carbocycles. The third-order valence-electron chi connectivity index (χ3n) is 4.85. The van der Waals surface area contributed by atoms with Crippen LogP contribution in [0.25, 0.3) is 22.2 Å². The fourth-order valence-corrected chi connectivity index (χ4v) is 3.34. The van der Waals surface area contributed by atoms with E-state index in [9.17, 15) is 0 Å². The fourth-order valence-electron chi connectivity index (χ4n) is 3.34. The number of hydrogen-bond acceptors (Lipinski definition) is 5. The highest BCUT2D eigenvalue weighted by atomic mass is 15.1. The fraction of sp³-hybridized carbons (Fsp3) is 0.0417. The van der Waals surface area contributed by atoms with Crippen LogP contribution < -0.4 is 10.6 Å². The van der Waals surface area contributed by atoms with Gasteiger partial charge < -0.3 is 15.6 Å². The van der Waals surface area contributed by atoms with Crippen LogP contribution in [0.2, 0.25) is 0 Å². The van der Waals surface area contributed by atoms with E-state index < -0.39 is 0 Å². The summed E-state index contributed by atoms with van der Waals surface area (Å²) in [6, 6.07) is 22.3. The Labute approximate surface area is 174 Å². The summed E-state index contributed by atoms with van der Waals surface area (Å²) in [5.74, 6) is 0.554. The molecule has 0 aliphatic carbocycles. The molecule has 30 heavy (non-hydrogen) atoms. The van der Waals surface area contributed by atoms with Crippen LogP contribution in [0.3, 0.4) is 0 Å². The van der Waals surface area contributed by atoms with Crippen molar-refractivity contribution in [3.8, 4) is 11.1 Å². The molecular weight excluding hydrogens is 372 g/mol. The summed E-state index contributed by atoms with van der Waals surface area (Å²) in [5, 5.41) is 7.61. The highest BCUT2D eigenvalue weighted by Gasteiger charge is 2.10. The van der Waals surface area contributed by atoms with Crippen LogP contribution in [0.15, 0.2) is 91.5 Å². The molecule has 6 heteroatoms. The van der Waals surface area contributed by atoms with Gasteiger partial charge in [-0.1, -0.05) is 48.5 Å². The number of hydrogen-bond donors (Lipinski definition) is 3. The first-order chi connectivity index (χ1) is 14.8. The first kappa shape index (κ1) is 17.9. The second-order valence-electron chi connectivity index (χ2n) is 6.95. The first-order valence-corrected chi connectivity index (χ1v) is 9.74. The summed E-state index contributed by atoms with van der Waals surface area (Å²) in [7, 11) is 0. The number of para-hydroxylation sites is 1. The van der Waals surface area contributed by atoms with Gasteiger partial charge in [0.05, 0.1) is 5.69 Å². The van der Waals surface area contributed by atoms with E-state index in [1.165, 1.54) is 5.56 Å². The average molecular weight is 392 g/mol. The van der Waals surface area contributed by atoms with Crippen LogP contribution in [0, 0.1) is 0 Å². The van der Waals surface area contributed by atoms with E-state index in [0.717, 1.165) is 40.1 Å². The quantitative estimate of drug-likeness (QED) is 0.362. The Hall–Kier alpha value is -4.19. The van der Waals surface area contributed by atoms with Crippen LogP contribution in [-0.2, 0) is 6.54 Å². The monoisotopic (exact) mass is 392 g/mol. The number of aromatic nitrogens is 4. The largest absolute Gasteiger partial charge is 0.380 e. The lowest BCUT2D eigenvalue weighted by atomic mass is 10.1. The third-order valence-corrected chi connectivity index (χ3v) is 4.85. The van der Waals surface area contributed by atoms with Gasteiger partial charge in [-0.05, 0) is 23.8 Å². The molecule has 3 N–H and O–H groups in total. The zero-order valence-electron chi connectivity index (χ0n) is 16.2. The first-order valence-electron chi connectivity index (χ1n) is 9.74. The molecule has 0 spiro atoms. The van der Waals surface area contributed by atoms with E-state index in [2.05, 4.69) is 48.8 Å².